The summed E-state index contributed by atoms with van der Waals surface area (Å²) in [6.45, 7) is 6.61. The highest BCUT2D eigenvalue weighted by atomic mass is 16.5. The molecule has 146 valence electrons. The van der Waals surface area contributed by atoms with Crippen LogP contribution in [0.1, 0.15) is 64.2 Å². The van der Waals surface area contributed by atoms with Crippen molar-refractivity contribution in [1.29, 1.82) is 0 Å². The van der Waals surface area contributed by atoms with Crippen LogP contribution in [0.3, 0.4) is 0 Å². The van der Waals surface area contributed by atoms with Crippen LogP contribution in [0.2, 0.25) is 0 Å². The largest absolute Gasteiger partial charge is 0.385 e. The molecule has 3 fully saturated rings. The van der Waals surface area contributed by atoms with Gasteiger partial charge in [-0.1, -0.05) is 6.42 Å². The van der Waals surface area contributed by atoms with E-state index in [0.717, 1.165) is 26.0 Å². The molecule has 0 aromatic carbocycles. The standard InChI is InChI=1S/C20H38N2O3/c23-18(15-24-16-19-8-7-13-25-19)14-21-17-20(9-3-1-4-10-20)22-11-5-2-6-12-22/h18-19,21,23H,1-17H2/p+2/t18-,19+/m1/s1. The van der Waals surface area contributed by atoms with E-state index in [9.17, 15) is 5.11 Å². The van der Waals surface area contributed by atoms with E-state index in [4.69, 9.17) is 9.47 Å². The Labute approximate surface area is 153 Å². The van der Waals surface area contributed by atoms with E-state index in [2.05, 4.69) is 5.32 Å². The summed E-state index contributed by atoms with van der Waals surface area (Å²) >= 11 is 0. The van der Waals surface area contributed by atoms with Gasteiger partial charge in [0.15, 0.2) is 0 Å². The Balaban J connectivity index is 1.36. The number of piperidine rings is 1. The van der Waals surface area contributed by atoms with Crippen molar-refractivity contribution in [3.05, 3.63) is 0 Å². The number of ether oxygens (including phenoxy) is 2. The Morgan fingerprint density at radius 2 is 1.84 bits per heavy atom. The predicted molar refractivity (Wildman–Crippen MR) is 97.8 cm³/mol. The number of quaternary nitrogens is 2. The smallest absolute Gasteiger partial charge is 0.147 e. The Bertz CT molecular complexity index is 362. The fourth-order valence-electron chi connectivity index (χ4n) is 5.17. The molecule has 0 amide bonds. The lowest BCUT2D eigenvalue weighted by Gasteiger charge is -2.43. The molecule has 25 heavy (non-hydrogen) atoms. The van der Waals surface area contributed by atoms with Crippen LogP contribution in [-0.2, 0) is 9.47 Å². The molecule has 5 nitrogen and oxygen atoms in total. The summed E-state index contributed by atoms with van der Waals surface area (Å²) < 4.78 is 11.2. The third kappa shape index (κ3) is 5.90. The number of likely N-dealkylation sites (tertiary alicyclic amines) is 1. The van der Waals surface area contributed by atoms with Gasteiger partial charge in [-0.2, -0.15) is 0 Å². The van der Waals surface area contributed by atoms with Crippen LogP contribution >= 0.6 is 0 Å². The molecule has 0 aromatic heterocycles. The molecule has 0 radical (unpaired) electrons. The minimum atomic E-state index is -0.363. The van der Waals surface area contributed by atoms with Crippen molar-refractivity contribution in [1.82, 2.24) is 0 Å². The van der Waals surface area contributed by atoms with Gasteiger partial charge in [0, 0.05) is 19.4 Å². The topological polar surface area (TPSA) is 59.7 Å². The maximum absolute atomic E-state index is 10.2. The first-order valence-corrected chi connectivity index (χ1v) is 10.8. The van der Waals surface area contributed by atoms with Gasteiger partial charge in [-0.05, 0) is 44.9 Å². The summed E-state index contributed by atoms with van der Waals surface area (Å²) in [6, 6.07) is 0. The molecule has 2 aliphatic heterocycles. The maximum atomic E-state index is 10.2. The number of aliphatic hydroxyl groups excluding tert-OH is 1. The van der Waals surface area contributed by atoms with Gasteiger partial charge in [0.05, 0.1) is 32.4 Å². The highest BCUT2D eigenvalue weighted by molar-refractivity contribution is 4.82. The van der Waals surface area contributed by atoms with Crippen molar-refractivity contribution < 1.29 is 24.8 Å². The molecule has 2 saturated heterocycles. The molecule has 0 aromatic rings. The molecule has 1 aliphatic carbocycles. The van der Waals surface area contributed by atoms with Crippen molar-refractivity contribution in [2.75, 3.05) is 46.0 Å². The maximum Gasteiger partial charge on any atom is 0.147 e. The lowest BCUT2D eigenvalue weighted by atomic mass is 9.79. The minimum absolute atomic E-state index is 0.254. The third-order valence-corrected chi connectivity index (χ3v) is 6.63. The normalized spacial score (nSPS) is 28.9. The molecule has 2 heterocycles. The second-order valence-electron chi connectivity index (χ2n) is 8.56. The summed E-state index contributed by atoms with van der Waals surface area (Å²) in [6.07, 6.45) is 13.3. The summed E-state index contributed by atoms with van der Waals surface area (Å²) in [5.74, 6) is 0. The Morgan fingerprint density at radius 1 is 1.08 bits per heavy atom. The van der Waals surface area contributed by atoms with Gasteiger partial charge in [-0.25, -0.2) is 0 Å². The van der Waals surface area contributed by atoms with Crippen molar-refractivity contribution in [2.45, 2.75) is 82.0 Å². The van der Waals surface area contributed by atoms with Gasteiger partial charge in [-0.15, -0.1) is 0 Å². The molecule has 0 spiro atoms. The zero-order valence-electron chi connectivity index (χ0n) is 16.0. The number of hydrogen-bond donors (Lipinski definition) is 3. The minimum Gasteiger partial charge on any atom is -0.385 e. The number of rotatable bonds is 9. The highest BCUT2D eigenvalue weighted by Gasteiger charge is 2.43. The lowest BCUT2D eigenvalue weighted by Crippen LogP contribution is -3.24. The van der Waals surface area contributed by atoms with Crippen LogP contribution in [0.25, 0.3) is 0 Å². The quantitative estimate of drug-likeness (QED) is 0.540. The number of nitrogens with two attached hydrogens (primary N) is 1. The molecule has 4 N–H and O–H groups in total. The van der Waals surface area contributed by atoms with Crippen LogP contribution < -0.4 is 10.2 Å². The van der Waals surface area contributed by atoms with Gasteiger partial charge in [0.2, 0.25) is 0 Å². The average molecular weight is 357 g/mol. The Kier molecular flexibility index (Phi) is 7.99. The van der Waals surface area contributed by atoms with Crippen LogP contribution in [0.4, 0.5) is 0 Å². The Hall–Kier alpha value is -0.200. The van der Waals surface area contributed by atoms with E-state index >= 15 is 0 Å². The van der Waals surface area contributed by atoms with Crippen LogP contribution in [0.15, 0.2) is 0 Å². The first-order valence-electron chi connectivity index (χ1n) is 10.8. The van der Waals surface area contributed by atoms with Crippen molar-refractivity contribution >= 4 is 0 Å². The van der Waals surface area contributed by atoms with Gasteiger partial charge < -0.3 is 24.8 Å². The van der Waals surface area contributed by atoms with E-state index in [1.807, 2.05) is 4.90 Å². The van der Waals surface area contributed by atoms with Gasteiger partial charge in [-0.3, -0.25) is 0 Å². The Morgan fingerprint density at radius 3 is 2.56 bits per heavy atom. The molecular weight excluding hydrogens is 316 g/mol. The summed E-state index contributed by atoms with van der Waals surface area (Å²) in [7, 11) is 0. The molecular formula is C20H40N2O3+2. The molecule has 2 atom stereocenters. The summed E-state index contributed by atoms with van der Waals surface area (Å²) in [4.78, 5) is 1.86. The van der Waals surface area contributed by atoms with E-state index in [-0.39, 0.29) is 12.2 Å². The summed E-state index contributed by atoms with van der Waals surface area (Å²) in [5.41, 5.74) is 0.469. The van der Waals surface area contributed by atoms with Gasteiger partial charge in [0.25, 0.3) is 0 Å². The van der Waals surface area contributed by atoms with E-state index in [1.165, 1.54) is 71.0 Å². The SMILES string of the molecule is O[C@H](C[NH2+]CC1([NH+]2CCCCC2)CCCCC1)COC[C@@H]1CCCO1. The van der Waals surface area contributed by atoms with Gasteiger partial charge in [0.1, 0.15) is 24.7 Å². The number of aliphatic hydroxyl groups is 1. The average Bonchev–Trinajstić information content (AvgIpc) is 3.17. The first kappa shape index (κ1) is 19.6. The van der Waals surface area contributed by atoms with Crippen LogP contribution in [0, 0.1) is 0 Å². The highest BCUT2D eigenvalue weighted by Crippen LogP contribution is 2.25. The fourth-order valence-corrected chi connectivity index (χ4v) is 5.17. The zero-order valence-corrected chi connectivity index (χ0v) is 16.0. The molecule has 3 rings (SSSR count). The lowest BCUT2D eigenvalue weighted by molar-refractivity contribution is -0.972. The number of nitrogens with one attached hydrogen (secondary N) is 1. The van der Waals surface area contributed by atoms with Crippen molar-refractivity contribution in [3.63, 3.8) is 0 Å². The predicted octanol–water partition coefficient (Wildman–Crippen LogP) is -0.122. The fraction of sp³-hybridized carbons (Fsp3) is 1.00. The molecule has 3 aliphatic rings. The third-order valence-electron chi connectivity index (χ3n) is 6.63. The molecule has 0 bridgehead atoms. The first-order chi connectivity index (χ1) is 12.3. The molecule has 5 heteroatoms. The zero-order chi connectivity index (χ0) is 17.4. The van der Waals surface area contributed by atoms with E-state index in [1.54, 1.807) is 0 Å². The molecule has 0 unspecified atom stereocenters. The van der Waals surface area contributed by atoms with Gasteiger partial charge >= 0.3 is 0 Å². The summed E-state index contributed by atoms with van der Waals surface area (Å²) in [5, 5.41) is 12.6. The second-order valence-corrected chi connectivity index (χ2v) is 8.56. The second kappa shape index (κ2) is 10.2. The number of hydrogen-bond acceptors (Lipinski definition) is 3. The van der Waals surface area contributed by atoms with Crippen LogP contribution in [-0.4, -0.2) is 68.9 Å². The monoisotopic (exact) mass is 356 g/mol. The van der Waals surface area contributed by atoms with E-state index in [0.29, 0.717) is 18.8 Å². The van der Waals surface area contributed by atoms with Crippen molar-refractivity contribution in [2.24, 2.45) is 0 Å². The van der Waals surface area contributed by atoms with Crippen molar-refractivity contribution in [3.8, 4) is 0 Å². The molecule has 1 saturated carbocycles. The van der Waals surface area contributed by atoms with Crippen LogP contribution in [0.5, 0.6) is 0 Å². The van der Waals surface area contributed by atoms with E-state index < -0.39 is 0 Å².